The number of aliphatic carboxylic acids is 1. The van der Waals surface area contributed by atoms with Gasteiger partial charge >= 0.3 is 5.97 Å². The second-order valence-electron chi connectivity index (χ2n) is 7.50. The lowest BCUT2D eigenvalue weighted by Gasteiger charge is -2.16. The number of aliphatic hydroxyl groups is 4. The van der Waals surface area contributed by atoms with Gasteiger partial charge in [-0.1, -0.05) is 29.8 Å². The van der Waals surface area contributed by atoms with Crippen molar-refractivity contribution in [2.24, 2.45) is 11.5 Å². The van der Waals surface area contributed by atoms with Crippen molar-refractivity contribution in [3.63, 3.8) is 0 Å². The van der Waals surface area contributed by atoms with E-state index >= 15 is 0 Å². The van der Waals surface area contributed by atoms with E-state index in [9.17, 15) is 9.59 Å². The normalized spacial score (nSPS) is 24.0. The number of alkyl halides is 1. The van der Waals surface area contributed by atoms with Gasteiger partial charge in [-0.3, -0.25) is 14.6 Å². The van der Waals surface area contributed by atoms with Crippen LogP contribution in [0, 0.1) is 0 Å². The number of para-hydroxylation sites is 1. The third-order valence-electron chi connectivity index (χ3n) is 4.94. The van der Waals surface area contributed by atoms with Crippen molar-refractivity contribution in [2.45, 2.75) is 36.0 Å². The molecule has 1 aliphatic heterocycles. The van der Waals surface area contributed by atoms with Crippen LogP contribution < -0.4 is 11.5 Å². The van der Waals surface area contributed by atoms with E-state index in [2.05, 4.69) is 14.7 Å². The van der Waals surface area contributed by atoms with Crippen LogP contribution >= 0.6 is 11.6 Å². The predicted octanol–water partition coefficient (Wildman–Crippen LogP) is -0.713. The molecule has 0 saturated carbocycles. The van der Waals surface area contributed by atoms with Crippen molar-refractivity contribution >= 4 is 34.4 Å². The fourth-order valence-electron chi connectivity index (χ4n) is 3.04. The number of hydrogen-bond acceptors (Lipinski definition) is 9. The Morgan fingerprint density at radius 2 is 1.91 bits per heavy atom. The number of carbonyl (C=O) groups excluding carboxylic acids is 1. The van der Waals surface area contributed by atoms with Crippen LogP contribution in [-0.4, -0.2) is 83.6 Å². The topological polar surface area (TPSA) is 225 Å². The number of aromatic amines is 1. The van der Waals surface area contributed by atoms with Crippen LogP contribution in [0.25, 0.3) is 10.9 Å². The average molecular weight is 511 g/mol. The van der Waals surface area contributed by atoms with Crippen LogP contribution in [0.4, 0.5) is 0 Å². The number of H-pyrrole nitrogens is 1. The number of nitrogens with one attached hydrogen (secondary N) is 1. The summed E-state index contributed by atoms with van der Waals surface area (Å²) >= 11 is 5.20. The maximum absolute atomic E-state index is 10.6. The minimum atomic E-state index is -2.28. The lowest BCUT2D eigenvalue weighted by atomic mass is 10.1. The SMILES string of the molecule is NC(=O)c1cccnc1.N[C@@H](Cc1c[nH]c2ccccc12)C(=O)O.OC[C@H]1OC(O)(Cl)[C@H](O)[C@@H]1O. The van der Waals surface area contributed by atoms with Crippen LogP contribution in [0.3, 0.4) is 0 Å². The number of benzene rings is 1. The van der Waals surface area contributed by atoms with E-state index in [-0.39, 0.29) is 0 Å². The fraction of sp³-hybridized carbons (Fsp3) is 0.318. The van der Waals surface area contributed by atoms with Gasteiger partial charge in [0.2, 0.25) is 5.91 Å². The van der Waals surface area contributed by atoms with Gasteiger partial charge < -0.3 is 46.7 Å². The Morgan fingerprint density at radius 3 is 2.37 bits per heavy atom. The Balaban J connectivity index is 0.000000193. The van der Waals surface area contributed by atoms with Gasteiger partial charge in [0.05, 0.1) is 12.2 Å². The van der Waals surface area contributed by atoms with Crippen LogP contribution in [0.2, 0.25) is 0 Å². The monoisotopic (exact) mass is 510 g/mol. The summed E-state index contributed by atoms with van der Waals surface area (Å²) in [5, 5.41) is 42.9. The highest BCUT2D eigenvalue weighted by Crippen LogP contribution is 2.31. The molecule has 4 rings (SSSR count). The van der Waals surface area contributed by atoms with E-state index < -0.39 is 48.1 Å². The number of fused-ring (bicyclic) bond motifs is 1. The van der Waals surface area contributed by atoms with E-state index in [1.165, 1.54) is 6.20 Å². The minimum Gasteiger partial charge on any atom is -0.480 e. The summed E-state index contributed by atoms with van der Waals surface area (Å²) in [7, 11) is 0. The number of pyridine rings is 1. The molecule has 0 aliphatic carbocycles. The number of ether oxygens (including phenoxy) is 1. The smallest absolute Gasteiger partial charge is 0.320 e. The molecule has 10 N–H and O–H groups in total. The van der Waals surface area contributed by atoms with Gasteiger partial charge in [-0.05, 0) is 23.8 Å². The van der Waals surface area contributed by atoms with Gasteiger partial charge in [0.1, 0.15) is 18.2 Å². The van der Waals surface area contributed by atoms with Gasteiger partial charge in [-0.15, -0.1) is 0 Å². The highest BCUT2D eigenvalue weighted by molar-refractivity contribution is 6.22. The molecule has 1 fully saturated rings. The number of nitrogens with two attached hydrogens (primary N) is 2. The number of carbonyl (C=O) groups is 2. The highest BCUT2D eigenvalue weighted by Gasteiger charge is 2.52. The van der Waals surface area contributed by atoms with Crippen LogP contribution in [-0.2, 0) is 16.0 Å². The molecule has 35 heavy (non-hydrogen) atoms. The standard InChI is InChI=1S/C11H12N2O2.C6H6N2O.C5H9ClO5/c12-9(11(14)15)5-7-6-13-10-4-2-1-3-8(7)10;7-6(9)5-2-1-3-8-4-5;6-5(10)4(9)3(8)2(1-7)11-5/h1-4,6,9,13H,5,12H2,(H,14,15);1-4H,(H2,7,9);2-4,7-10H,1H2/t9-;;2-,3-,4-,5?/m0.1/s1. The molecular weight excluding hydrogens is 484 g/mol. The Kier molecular flexibility index (Phi) is 10.1. The quantitative estimate of drug-likeness (QED) is 0.201. The number of carboxylic acid groups (broad SMARTS) is 1. The van der Waals surface area contributed by atoms with Crippen LogP contribution in [0.1, 0.15) is 15.9 Å². The van der Waals surface area contributed by atoms with Gasteiger partial charge in [-0.2, -0.15) is 0 Å². The second-order valence-corrected chi connectivity index (χ2v) is 8.04. The number of aliphatic hydroxyl groups excluding tert-OH is 3. The van der Waals surface area contributed by atoms with E-state index in [1.54, 1.807) is 18.3 Å². The van der Waals surface area contributed by atoms with Crippen molar-refractivity contribution in [1.29, 1.82) is 0 Å². The molecule has 0 spiro atoms. The first-order valence-electron chi connectivity index (χ1n) is 10.3. The molecule has 0 bridgehead atoms. The third kappa shape index (κ3) is 7.70. The first-order valence-corrected chi connectivity index (χ1v) is 10.6. The summed E-state index contributed by atoms with van der Waals surface area (Å²) in [5.41, 5.74) is 12.8. The molecule has 12 nitrogen and oxygen atoms in total. The Labute approximate surface area is 204 Å². The summed E-state index contributed by atoms with van der Waals surface area (Å²) in [4.78, 5) is 27.8. The van der Waals surface area contributed by atoms with E-state index in [0.29, 0.717) is 12.0 Å². The summed E-state index contributed by atoms with van der Waals surface area (Å²) in [6.07, 6.45) is 1.19. The molecule has 190 valence electrons. The number of primary amides is 1. The molecular formula is C22H27ClN4O8. The van der Waals surface area contributed by atoms with E-state index in [1.807, 2.05) is 30.5 Å². The lowest BCUT2D eigenvalue weighted by Crippen LogP contribution is -2.38. The molecule has 5 atom stereocenters. The number of hydrogen-bond donors (Lipinski definition) is 8. The molecule has 1 aliphatic rings. The number of nitrogens with zero attached hydrogens (tertiary/aromatic N) is 1. The summed E-state index contributed by atoms with van der Waals surface area (Å²) < 4.78 is 4.49. The molecule has 3 aromatic rings. The number of rotatable bonds is 5. The first-order chi connectivity index (χ1) is 16.5. The highest BCUT2D eigenvalue weighted by atomic mass is 35.5. The Morgan fingerprint density at radius 1 is 1.23 bits per heavy atom. The maximum Gasteiger partial charge on any atom is 0.320 e. The molecule has 2 aromatic heterocycles. The van der Waals surface area contributed by atoms with Crippen LogP contribution in [0.15, 0.2) is 55.0 Å². The number of halogens is 1. The van der Waals surface area contributed by atoms with Crippen molar-refractivity contribution in [3.8, 4) is 0 Å². The predicted molar refractivity (Wildman–Crippen MR) is 125 cm³/mol. The lowest BCUT2D eigenvalue weighted by molar-refractivity contribution is -0.169. The van der Waals surface area contributed by atoms with Crippen molar-refractivity contribution in [3.05, 3.63) is 66.1 Å². The fourth-order valence-corrected chi connectivity index (χ4v) is 3.29. The maximum atomic E-state index is 10.6. The molecule has 1 aromatic carbocycles. The van der Waals surface area contributed by atoms with Gasteiger partial charge in [0, 0.05) is 35.9 Å². The van der Waals surface area contributed by atoms with Gasteiger partial charge in [-0.25, -0.2) is 0 Å². The summed E-state index contributed by atoms with van der Waals surface area (Å²) in [6.45, 7) is -0.507. The van der Waals surface area contributed by atoms with Crippen molar-refractivity contribution < 1.29 is 39.9 Å². The number of aromatic nitrogens is 2. The molecule has 1 saturated heterocycles. The largest absolute Gasteiger partial charge is 0.480 e. The summed E-state index contributed by atoms with van der Waals surface area (Å²) in [5.74, 6) is -1.41. The molecule has 0 radical (unpaired) electrons. The molecule has 1 amide bonds. The van der Waals surface area contributed by atoms with E-state index in [4.69, 9.17) is 48.6 Å². The first kappa shape index (κ1) is 28.1. The molecule has 13 heteroatoms. The Hall–Kier alpha value is -3.10. The van der Waals surface area contributed by atoms with Crippen molar-refractivity contribution in [2.75, 3.05) is 6.61 Å². The summed E-state index contributed by atoms with van der Waals surface area (Å²) in [6, 6.07) is 10.2. The zero-order valence-corrected chi connectivity index (χ0v) is 19.1. The molecule has 1 unspecified atom stereocenters. The second kappa shape index (κ2) is 12.6. The number of amides is 1. The Bertz CT molecular complexity index is 1110. The zero-order chi connectivity index (χ0) is 26.2. The third-order valence-corrected chi connectivity index (χ3v) is 5.26. The number of carboxylic acids is 1. The minimum absolute atomic E-state index is 0.347. The van der Waals surface area contributed by atoms with E-state index in [0.717, 1.165) is 16.5 Å². The van der Waals surface area contributed by atoms with Gasteiger partial charge in [0.25, 0.3) is 5.25 Å². The van der Waals surface area contributed by atoms with Crippen molar-refractivity contribution in [1.82, 2.24) is 9.97 Å². The van der Waals surface area contributed by atoms with Crippen LogP contribution in [0.5, 0.6) is 0 Å². The zero-order valence-electron chi connectivity index (χ0n) is 18.4. The average Bonchev–Trinajstić information content (AvgIpc) is 3.33. The molecule has 3 heterocycles. The van der Waals surface area contributed by atoms with Gasteiger partial charge in [0.15, 0.2) is 6.10 Å².